The summed E-state index contributed by atoms with van der Waals surface area (Å²) in [6.07, 6.45) is 25.5. The van der Waals surface area contributed by atoms with Gasteiger partial charge in [0.05, 0.1) is 27.7 Å². The number of phosphoric acid groups is 1. The lowest BCUT2D eigenvalue weighted by molar-refractivity contribution is -0.870. The Morgan fingerprint density at radius 2 is 1.23 bits per heavy atom. The van der Waals surface area contributed by atoms with Crippen LogP contribution in [0.1, 0.15) is 129 Å². The molecule has 0 heterocycles. The van der Waals surface area contributed by atoms with Crippen LogP contribution in [-0.2, 0) is 32.7 Å². The average molecular weight is 647 g/mol. The summed E-state index contributed by atoms with van der Waals surface area (Å²) in [6.45, 7) is 4.25. The highest BCUT2D eigenvalue weighted by atomic mass is 31.2. The molecule has 0 aromatic rings. The predicted molar refractivity (Wildman–Crippen MR) is 178 cm³/mol. The number of phosphoric ester groups is 1. The second-order valence-corrected chi connectivity index (χ2v) is 14.0. The highest BCUT2D eigenvalue weighted by molar-refractivity contribution is 7.47. The van der Waals surface area contributed by atoms with Crippen molar-refractivity contribution in [2.75, 3.05) is 47.5 Å². The number of allylic oxidation sites excluding steroid dienone is 4. The third kappa shape index (κ3) is 30.5. The number of hydrogen-bond acceptors (Lipinski definition) is 7. The molecule has 1 N–H and O–H groups in total. The molecule has 0 aromatic carbocycles. The van der Waals surface area contributed by atoms with E-state index >= 15 is 0 Å². The molecule has 10 heteroatoms. The standard InChI is InChI=1S/C34H64NO8P/c1-6-8-10-12-13-14-15-16-17-18-19-20-21-23-25-27-34(37)43-32(30-40-33(36)26-24-22-11-9-7-2)31-42-44(38,39)41-29-28-35(3,4)5/h13-14,16-17,32H,6-12,15,18-31H2,1-5H3/p+1/b14-13-,17-16-. The zero-order chi connectivity index (χ0) is 32.9. The average Bonchev–Trinajstić information content (AvgIpc) is 2.95. The van der Waals surface area contributed by atoms with Gasteiger partial charge in [0.25, 0.3) is 0 Å². The van der Waals surface area contributed by atoms with E-state index in [1.54, 1.807) is 0 Å². The summed E-state index contributed by atoms with van der Waals surface area (Å²) >= 11 is 0. The molecule has 0 aromatic heterocycles. The van der Waals surface area contributed by atoms with Crippen molar-refractivity contribution in [3.05, 3.63) is 24.3 Å². The van der Waals surface area contributed by atoms with Gasteiger partial charge in [-0.15, -0.1) is 0 Å². The third-order valence-electron chi connectivity index (χ3n) is 6.98. The molecule has 0 saturated carbocycles. The van der Waals surface area contributed by atoms with E-state index in [0.717, 1.165) is 70.6 Å². The second-order valence-electron chi connectivity index (χ2n) is 12.6. The number of rotatable bonds is 30. The minimum Gasteiger partial charge on any atom is -0.462 e. The van der Waals surface area contributed by atoms with Gasteiger partial charge in [0.15, 0.2) is 6.10 Å². The first-order valence-electron chi connectivity index (χ1n) is 17.1. The van der Waals surface area contributed by atoms with Crippen molar-refractivity contribution in [1.82, 2.24) is 0 Å². The number of likely N-dealkylation sites (N-methyl/N-ethyl adjacent to an activating group) is 1. The van der Waals surface area contributed by atoms with Gasteiger partial charge in [0.2, 0.25) is 0 Å². The third-order valence-corrected chi connectivity index (χ3v) is 7.97. The van der Waals surface area contributed by atoms with Crippen LogP contribution in [0.4, 0.5) is 0 Å². The number of esters is 2. The number of hydrogen-bond donors (Lipinski definition) is 1. The van der Waals surface area contributed by atoms with Crippen molar-refractivity contribution in [2.24, 2.45) is 0 Å². The highest BCUT2D eigenvalue weighted by Gasteiger charge is 2.27. The van der Waals surface area contributed by atoms with Gasteiger partial charge in [-0.25, -0.2) is 4.57 Å². The summed E-state index contributed by atoms with van der Waals surface area (Å²) in [4.78, 5) is 34.8. The van der Waals surface area contributed by atoms with Crippen molar-refractivity contribution in [3.8, 4) is 0 Å². The summed E-state index contributed by atoms with van der Waals surface area (Å²) in [5, 5.41) is 0. The summed E-state index contributed by atoms with van der Waals surface area (Å²) in [6, 6.07) is 0. The Bertz CT molecular complexity index is 825. The smallest absolute Gasteiger partial charge is 0.462 e. The number of nitrogens with zero attached hydrogens (tertiary/aromatic N) is 1. The molecular formula is C34H65NO8P+. The zero-order valence-electron chi connectivity index (χ0n) is 28.6. The SMILES string of the molecule is CCCCC/C=C\C/C=C\CCCCCCCC(=O)OC(COC(=O)CCCCCCC)COP(=O)(O)OCC[N+](C)(C)C. The summed E-state index contributed by atoms with van der Waals surface area (Å²) in [5.41, 5.74) is 0. The van der Waals surface area contributed by atoms with Crippen LogP contribution in [0.5, 0.6) is 0 Å². The van der Waals surface area contributed by atoms with Crippen LogP contribution in [-0.4, -0.2) is 74.9 Å². The van der Waals surface area contributed by atoms with Crippen LogP contribution >= 0.6 is 7.82 Å². The first kappa shape index (κ1) is 42.5. The molecule has 2 unspecified atom stereocenters. The maximum absolute atomic E-state index is 12.5. The minimum atomic E-state index is -4.36. The van der Waals surface area contributed by atoms with Gasteiger partial charge in [-0.1, -0.05) is 95.9 Å². The fourth-order valence-electron chi connectivity index (χ4n) is 4.22. The van der Waals surface area contributed by atoms with Crippen molar-refractivity contribution in [3.63, 3.8) is 0 Å². The topological polar surface area (TPSA) is 108 Å². The van der Waals surface area contributed by atoms with Crippen LogP contribution in [0.3, 0.4) is 0 Å². The van der Waals surface area contributed by atoms with E-state index in [4.69, 9.17) is 18.5 Å². The van der Waals surface area contributed by atoms with Crippen molar-refractivity contribution < 1.29 is 42.1 Å². The van der Waals surface area contributed by atoms with Crippen LogP contribution in [0.2, 0.25) is 0 Å². The van der Waals surface area contributed by atoms with Gasteiger partial charge in [-0.05, 0) is 44.9 Å². The lowest BCUT2D eigenvalue weighted by Gasteiger charge is -2.24. The van der Waals surface area contributed by atoms with E-state index in [1.807, 2.05) is 21.1 Å². The quantitative estimate of drug-likeness (QED) is 0.0272. The molecule has 44 heavy (non-hydrogen) atoms. The molecule has 258 valence electrons. The number of ether oxygens (including phenoxy) is 2. The molecule has 0 amide bonds. The van der Waals surface area contributed by atoms with E-state index in [1.165, 1.54) is 25.7 Å². The molecule has 0 fully saturated rings. The van der Waals surface area contributed by atoms with Crippen LogP contribution in [0.15, 0.2) is 24.3 Å². The molecule has 9 nitrogen and oxygen atoms in total. The Morgan fingerprint density at radius 1 is 0.705 bits per heavy atom. The monoisotopic (exact) mass is 646 g/mol. The Morgan fingerprint density at radius 3 is 1.84 bits per heavy atom. The number of carbonyl (C=O) groups is 2. The maximum atomic E-state index is 12.5. The number of unbranched alkanes of at least 4 members (excludes halogenated alkanes) is 12. The molecule has 0 aliphatic carbocycles. The maximum Gasteiger partial charge on any atom is 0.472 e. The molecule has 0 bridgehead atoms. The predicted octanol–water partition coefficient (Wildman–Crippen LogP) is 8.46. The van der Waals surface area contributed by atoms with E-state index in [2.05, 4.69) is 38.2 Å². The fourth-order valence-corrected chi connectivity index (χ4v) is 4.96. The van der Waals surface area contributed by atoms with E-state index in [9.17, 15) is 19.0 Å². The van der Waals surface area contributed by atoms with Crippen LogP contribution in [0.25, 0.3) is 0 Å². The normalized spacial score (nSPS) is 14.2. The zero-order valence-corrected chi connectivity index (χ0v) is 29.5. The Hall–Kier alpha value is -1.51. The molecule has 0 saturated heterocycles. The molecule has 0 aliphatic heterocycles. The van der Waals surface area contributed by atoms with Gasteiger partial charge in [0, 0.05) is 12.8 Å². The lowest BCUT2D eigenvalue weighted by atomic mass is 10.1. The van der Waals surface area contributed by atoms with Crippen LogP contribution in [0, 0.1) is 0 Å². The van der Waals surface area contributed by atoms with Gasteiger partial charge >= 0.3 is 19.8 Å². The Balaban J connectivity index is 4.43. The highest BCUT2D eigenvalue weighted by Crippen LogP contribution is 2.43. The van der Waals surface area contributed by atoms with E-state index in [-0.39, 0.29) is 32.0 Å². The van der Waals surface area contributed by atoms with E-state index in [0.29, 0.717) is 17.4 Å². The molecule has 2 atom stereocenters. The van der Waals surface area contributed by atoms with Crippen molar-refractivity contribution in [1.29, 1.82) is 0 Å². The first-order chi connectivity index (χ1) is 21.0. The lowest BCUT2D eigenvalue weighted by Crippen LogP contribution is -2.37. The molecular weight excluding hydrogens is 581 g/mol. The van der Waals surface area contributed by atoms with Gasteiger partial charge in [-0.3, -0.25) is 18.6 Å². The molecule has 0 spiro atoms. The van der Waals surface area contributed by atoms with Gasteiger partial charge < -0.3 is 18.9 Å². The Kier molecular flexibility index (Phi) is 26.8. The van der Waals surface area contributed by atoms with Crippen LogP contribution < -0.4 is 0 Å². The Labute approximate surface area is 268 Å². The molecule has 0 aliphatic rings. The summed E-state index contributed by atoms with van der Waals surface area (Å²) < 4.78 is 33.8. The van der Waals surface area contributed by atoms with Crippen molar-refractivity contribution in [2.45, 2.75) is 136 Å². The van der Waals surface area contributed by atoms with E-state index < -0.39 is 26.5 Å². The number of quaternary nitrogens is 1. The molecule has 0 rings (SSSR count). The fraction of sp³-hybridized carbons (Fsp3) is 0.824. The minimum absolute atomic E-state index is 0.0293. The summed E-state index contributed by atoms with van der Waals surface area (Å²) in [7, 11) is 1.46. The number of carbonyl (C=O) groups excluding carboxylic acids is 2. The first-order valence-corrected chi connectivity index (χ1v) is 18.6. The molecule has 0 radical (unpaired) electrons. The van der Waals surface area contributed by atoms with Gasteiger partial charge in [-0.2, -0.15) is 0 Å². The summed E-state index contributed by atoms with van der Waals surface area (Å²) in [5.74, 6) is -0.832. The van der Waals surface area contributed by atoms with Crippen molar-refractivity contribution >= 4 is 19.8 Å². The van der Waals surface area contributed by atoms with Gasteiger partial charge in [0.1, 0.15) is 19.8 Å². The second kappa shape index (κ2) is 27.8. The largest absolute Gasteiger partial charge is 0.472 e.